The van der Waals surface area contributed by atoms with Gasteiger partial charge in [-0.15, -0.1) is 45.3 Å². The second-order valence-corrected chi connectivity index (χ2v) is 8.57. The van der Waals surface area contributed by atoms with E-state index in [1.807, 2.05) is 0 Å². The van der Waals surface area contributed by atoms with Gasteiger partial charge >= 0.3 is 0 Å². The predicted molar refractivity (Wildman–Crippen MR) is 106 cm³/mol. The van der Waals surface area contributed by atoms with E-state index in [2.05, 4.69) is 75.8 Å². The highest BCUT2D eigenvalue weighted by atomic mass is 32.1. The van der Waals surface area contributed by atoms with Crippen molar-refractivity contribution in [3.05, 3.63) is 95.3 Å². The molecule has 0 aliphatic heterocycles. The first-order valence-corrected chi connectivity index (χ1v) is 10.6. The summed E-state index contributed by atoms with van der Waals surface area (Å²) in [4.78, 5) is 5.05. The molecule has 23 heavy (non-hydrogen) atoms. The van der Waals surface area contributed by atoms with E-state index in [9.17, 15) is 0 Å². The van der Waals surface area contributed by atoms with Gasteiger partial charge in [0.25, 0.3) is 0 Å². The molecular formula is C19H12S4. The fourth-order valence-electron chi connectivity index (χ4n) is 2.30. The normalized spacial score (nSPS) is 10.4. The molecule has 4 heterocycles. The van der Waals surface area contributed by atoms with E-state index in [-0.39, 0.29) is 0 Å². The minimum Gasteiger partial charge on any atom is -0.143 e. The van der Waals surface area contributed by atoms with Crippen molar-refractivity contribution in [1.29, 1.82) is 0 Å². The van der Waals surface area contributed by atoms with Crippen LogP contribution in [0.4, 0.5) is 0 Å². The minimum atomic E-state index is 1.19. The van der Waals surface area contributed by atoms with Crippen LogP contribution in [0.2, 0.25) is 0 Å². The van der Waals surface area contributed by atoms with Crippen LogP contribution < -0.4 is 0 Å². The van der Waals surface area contributed by atoms with E-state index in [4.69, 9.17) is 0 Å². The predicted octanol–water partition coefficient (Wildman–Crippen LogP) is 7.10. The first-order chi connectivity index (χ1) is 11.4. The highest BCUT2D eigenvalue weighted by molar-refractivity contribution is 7.14. The summed E-state index contributed by atoms with van der Waals surface area (Å²) < 4.78 is 0. The molecule has 0 fully saturated rings. The molecule has 0 saturated carbocycles. The quantitative estimate of drug-likeness (QED) is 0.337. The van der Waals surface area contributed by atoms with Gasteiger partial charge in [0.2, 0.25) is 0 Å². The summed E-state index contributed by atoms with van der Waals surface area (Å²) >= 11 is 7.07. The third-order valence-corrected chi connectivity index (χ3v) is 6.87. The average molecular weight is 369 g/mol. The topological polar surface area (TPSA) is 0 Å². The zero-order valence-electron chi connectivity index (χ0n) is 12.1. The van der Waals surface area contributed by atoms with Crippen LogP contribution in [0.3, 0.4) is 0 Å². The second-order valence-electron chi connectivity index (χ2n) is 4.78. The van der Waals surface area contributed by atoms with Crippen LogP contribution in [0.1, 0.15) is 19.5 Å². The van der Waals surface area contributed by atoms with Gasteiger partial charge in [-0.1, -0.05) is 30.0 Å². The first kappa shape index (κ1) is 14.9. The molecule has 4 heteroatoms. The van der Waals surface area contributed by atoms with Gasteiger partial charge < -0.3 is 0 Å². The van der Waals surface area contributed by atoms with Gasteiger partial charge in [-0.2, -0.15) is 0 Å². The van der Waals surface area contributed by atoms with Gasteiger partial charge in [0.15, 0.2) is 0 Å². The van der Waals surface area contributed by atoms with Crippen LogP contribution >= 0.6 is 45.3 Å². The Morgan fingerprint density at radius 2 is 0.826 bits per heavy atom. The Kier molecular flexibility index (Phi) is 4.42. The van der Waals surface area contributed by atoms with Gasteiger partial charge in [0, 0.05) is 19.5 Å². The van der Waals surface area contributed by atoms with Crippen molar-refractivity contribution in [2.45, 2.75) is 0 Å². The molecule has 4 aromatic rings. The molecule has 0 amide bonds. The number of hydrogen-bond acceptors (Lipinski definition) is 4. The largest absolute Gasteiger partial charge is 0.143 e. The van der Waals surface area contributed by atoms with Crippen molar-refractivity contribution in [3.8, 4) is 0 Å². The lowest BCUT2D eigenvalue weighted by atomic mass is 10.1. The van der Waals surface area contributed by atoms with E-state index < -0.39 is 0 Å². The summed E-state index contributed by atoms with van der Waals surface area (Å²) in [5, 5.41) is 8.50. The third-order valence-electron chi connectivity index (χ3n) is 3.32. The molecule has 0 atom stereocenters. The second kappa shape index (κ2) is 6.83. The molecule has 0 unspecified atom stereocenters. The summed E-state index contributed by atoms with van der Waals surface area (Å²) in [6, 6.07) is 17.1. The SMILES string of the molecule is C(=C(c1cccs1)c1cccs1)=C(c1cccs1)c1cccs1. The zero-order chi connectivity index (χ0) is 15.5. The summed E-state index contributed by atoms with van der Waals surface area (Å²) in [7, 11) is 0. The zero-order valence-corrected chi connectivity index (χ0v) is 15.3. The monoisotopic (exact) mass is 368 g/mol. The van der Waals surface area contributed by atoms with Gasteiger partial charge in [-0.05, 0) is 45.8 Å². The number of hydrogen-bond donors (Lipinski definition) is 0. The Bertz CT molecular complexity index is 767. The maximum absolute atomic E-state index is 3.74. The van der Waals surface area contributed by atoms with E-state index >= 15 is 0 Å². The van der Waals surface area contributed by atoms with Crippen molar-refractivity contribution >= 4 is 56.5 Å². The van der Waals surface area contributed by atoms with Gasteiger partial charge in [-0.3, -0.25) is 0 Å². The highest BCUT2D eigenvalue weighted by Gasteiger charge is 2.11. The van der Waals surface area contributed by atoms with Crippen LogP contribution in [0, 0.1) is 0 Å². The lowest BCUT2D eigenvalue weighted by Gasteiger charge is -2.02. The molecule has 4 rings (SSSR count). The Morgan fingerprint density at radius 3 is 1.04 bits per heavy atom. The van der Waals surface area contributed by atoms with Crippen LogP contribution in [-0.4, -0.2) is 0 Å². The van der Waals surface area contributed by atoms with E-state index in [1.54, 1.807) is 45.3 Å². The first-order valence-electron chi connectivity index (χ1n) is 7.08. The molecular weight excluding hydrogens is 356 g/mol. The molecule has 0 N–H and O–H groups in total. The maximum atomic E-state index is 3.74. The Hall–Kier alpha value is -1.68. The summed E-state index contributed by atoms with van der Waals surface area (Å²) in [5.41, 5.74) is 6.11. The lowest BCUT2D eigenvalue weighted by molar-refractivity contribution is 1.76. The van der Waals surface area contributed by atoms with Crippen LogP contribution in [0.25, 0.3) is 11.1 Å². The molecule has 4 aromatic heterocycles. The Morgan fingerprint density at radius 1 is 0.522 bits per heavy atom. The Balaban J connectivity index is 2.01. The summed E-state index contributed by atoms with van der Waals surface area (Å²) in [6.07, 6.45) is 0. The van der Waals surface area contributed by atoms with Crippen molar-refractivity contribution in [3.63, 3.8) is 0 Å². The smallest absolute Gasteiger partial charge is 0.0516 e. The van der Waals surface area contributed by atoms with Gasteiger partial charge in [0.05, 0.1) is 11.1 Å². The van der Waals surface area contributed by atoms with Gasteiger partial charge in [-0.25, -0.2) is 0 Å². The lowest BCUT2D eigenvalue weighted by Crippen LogP contribution is -1.82. The highest BCUT2D eigenvalue weighted by Crippen LogP contribution is 2.34. The average Bonchev–Trinajstić information content (AvgIpc) is 3.35. The molecule has 0 saturated heterocycles. The molecule has 0 bridgehead atoms. The fraction of sp³-hybridized carbons (Fsp3) is 0. The molecule has 0 radical (unpaired) electrons. The summed E-state index contributed by atoms with van der Waals surface area (Å²) in [6.45, 7) is 0. The van der Waals surface area contributed by atoms with Gasteiger partial charge in [0.1, 0.15) is 0 Å². The molecule has 0 aliphatic rings. The summed E-state index contributed by atoms with van der Waals surface area (Å²) in [5.74, 6) is 0. The fourth-order valence-corrected chi connectivity index (χ4v) is 5.39. The molecule has 0 aliphatic carbocycles. The van der Waals surface area contributed by atoms with Crippen LogP contribution in [-0.2, 0) is 0 Å². The van der Waals surface area contributed by atoms with E-state index in [0.717, 1.165) is 0 Å². The van der Waals surface area contributed by atoms with Crippen molar-refractivity contribution in [2.75, 3.05) is 0 Å². The van der Waals surface area contributed by atoms with Crippen molar-refractivity contribution < 1.29 is 0 Å². The standard InChI is InChI=1S/C19H12S4/c1-5-16(20-9-1)14(17-6-2-10-21-17)13-15(18-7-3-11-22-18)19-8-4-12-23-19/h1-12H. The van der Waals surface area contributed by atoms with E-state index in [0.29, 0.717) is 0 Å². The van der Waals surface area contributed by atoms with Crippen molar-refractivity contribution in [1.82, 2.24) is 0 Å². The molecule has 0 aromatic carbocycles. The molecule has 0 nitrogen and oxygen atoms in total. The molecule has 0 spiro atoms. The number of thiophene rings is 4. The van der Waals surface area contributed by atoms with Crippen LogP contribution in [0.5, 0.6) is 0 Å². The maximum Gasteiger partial charge on any atom is 0.0516 e. The molecule has 112 valence electrons. The van der Waals surface area contributed by atoms with Crippen LogP contribution in [0.15, 0.2) is 75.8 Å². The number of rotatable bonds is 4. The third kappa shape index (κ3) is 3.18. The van der Waals surface area contributed by atoms with Crippen molar-refractivity contribution in [2.24, 2.45) is 0 Å². The minimum absolute atomic E-state index is 1.19. The van der Waals surface area contributed by atoms with E-state index in [1.165, 1.54) is 30.7 Å². The Labute approximate surface area is 151 Å².